The van der Waals surface area contributed by atoms with Gasteiger partial charge < -0.3 is 0 Å². The molecule has 0 saturated heterocycles. The Morgan fingerprint density at radius 2 is 1.74 bits per heavy atom. The van der Waals surface area contributed by atoms with Crippen molar-refractivity contribution >= 4 is 54.1 Å². The summed E-state index contributed by atoms with van der Waals surface area (Å²) in [6.07, 6.45) is 0. The maximum absolute atomic E-state index is 9.35. The summed E-state index contributed by atoms with van der Waals surface area (Å²) < 4.78 is 1.76. The molecule has 0 N–H and O–H groups in total. The molecule has 0 bridgehead atoms. The first-order chi connectivity index (χ1) is 9.13. The second-order valence-electron chi connectivity index (χ2n) is 3.79. The first-order valence-electron chi connectivity index (χ1n) is 5.44. The van der Waals surface area contributed by atoms with E-state index in [9.17, 15) is 5.26 Å². The van der Waals surface area contributed by atoms with E-state index in [4.69, 9.17) is 11.6 Å². The summed E-state index contributed by atoms with van der Waals surface area (Å²) in [6, 6.07) is 17.3. The van der Waals surface area contributed by atoms with E-state index in [1.165, 1.54) is 0 Å². The zero-order valence-corrected chi connectivity index (χ0v) is 13.6. The average molecular weight is 397 g/mol. The van der Waals surface area contributed by atoms with E-state index in [0.29, 0.717) is 10.6 Å². The molecule has 94 valence electrons. The summed E-state index contributed by atoms with van der Waals surface area (Å²) >= 11 is 13.2. The first-order valence-corrected chi connectivity index (χ1v) is 7.40. The minimum Gasteiger partial charge on any atom is -0.192 e. The maximum Gasteiger partial charge on any atom is 0.101 e. The monoisotopic (exact) mass is 395 g/mol. The zero-order valence-electron chi connectivity index (χ0n) is 9.70. The molecule has 2 aromatic rings. The number of benzene rings is 2. The molecule has 19 heavy (non-hydrogen) atoms. The van der Waals surface area contributed by atoms with Crippen LogP contribution in [0.5, 0.6) is 0 Å². The topological polar surface area (TPSA) is 23.8 Å². The van der Waals surface area contributed by atoms with Crippen molar-refractivity contribution in [1.82, 2.24) is 0 Å². The van der Waals surface area contributed by atoms with E-state index in [2.05, 4.69) is 37.9 Å². The van der Waals surface area contributed by atoms with Crippen LogP contribution in [-0.4, -0.2) is 0 Å². The Morgan fingerprint density at radius 1 is 1.05 bits per heavy atom. The Labute approximate surface area is 133 Å². The number of hydrogen-bond acceptors (Lipinski definition) is 1. The van der Waals surface area contributed by atoms with Gasteiger partial charge >= 0.3 is 0 Å². The van der Waals surface area contributed by atoms with Gasteiger partial charge in [-0.3, -0.25) is 0 Å². The van der Waals surface area contributed by atoms with Crippen molar-refractivity contribution in [2.24, 2.45) is 0 Å². The van der Waals surface area contributed by atoms with Gasteiger partial charge in [0, 0.05) is 14.5 Å². The number of allylic oxidation sites excluding steroid dienone is 1. The summed E-state index contributed by atoms with van der Waals surface area (Å²) in [4.78, 5) is 0. The van der Waals surface area contributed by atoms with Crippen molar-refractivity contribution in [3.63, 3.8) is 0 Å². The smallest absolute Gasteiger partial charge is 0.101 e. The fraction of sp³-hybridized carbons (Fsp3) is 0. The molecular weight excluding hydrogens is 389 g/mol. The van der Waals surface area contributed by atoms with Gasteiger partial charge in [-0.25, -0.2) is 0 Å². The Balaban J connectivity index is 2.62. The second-order valence-corrected chi connectivity index (χ2v) is 5.94. The van der Waals surface area contributed by atoms with Crippen LogP contribution in [0.1, 0.15) is 11.1 Å². The van der Waals surface area contributed by atoms with Crippen LogP contribution in [0.3, 0.4) is 0 Å². The number of nitriles is 1. The Hall–Kier alpha value is -1.08. The number of rotatable bonds is 2. The zero-order chi connectivity index (χ0) is 13.8. The fourth-order valence-corrected chi connectivity index (χ4v) is 2.87. The summed E-state index contributed by atoms with van der Waals surface area (Å²) in [5, 5.41) is 9.78. The number of nitrogens with zero attached hydrogens (tertiary/aromatic N) is 1. The fourth-order valence-electron chi connectivity index (χ4n) is 1.65. The highest BCUT2D eigenvalue weighted by Gasteiger charge is 2.12. The van der Waals surface area contributed by atoms with Crippen LogP contribution in [0.2, 0.25) is 0 Å². The highest BCUT2D eigenvalue weighted by atomic mass is 79.9. The van der Waals surface area contributed by atoms with Crippen LogP contribution in [0.25, 0.3) is 10.6 Å². The van der Waals surface area contributed by atoms with Crippen LogP contribution in [0.4, 0.5) is 0 Å². The summed E-state index contributed by atoms with van der Waals surface area (Å²) in [6.45, 7) is 0. The largest absolute Gasteiger partial charge is 0.192 e. The minimum atomic E-state index is 0.432. The predicted octanol–water partition coefficient (Wildman–Crippen LogP) is 5.84. The van der Waals surface area contributed by atoms with Crippen LogP contribution in [0, 0.1) is 11.3 Å². The molecule has 0 aromatic heterocycles. The second kappa shape index (κ2) is 6.38. The average Bonchev–Trinajstić information content (AvgIpc) is 2.43. The lowest BCUT2D eigenvalue weighted by Gasteiger charge is -2.07. The van der Waals surface area contributed by atoms with E-state index in [1.807, 2.05) is 48.5 Å². The molecule has 0 aliphatic rings. The lowest BCUT2D eigenvalue weighted by atomic mass is 10.0. The quantitative estimate of drug-likeness (QED) is 0.461. The first kappa shape index (κ1) is 14.3. The highest BCUT2D eigenvalue weighted by Crippen LogP contribution is 2.35. The molecule has 0 amide bonds. The molecule has 0 saturated carbocycles. The van der Waals surface area contributed by atoms with Gasteiger partial charge in [-0.2, -0.15) is 5.26 Å². The lowest BCUT2D eigenvalue weighted by Crippen LogP contribution is -1.87. The van der Waals surface area contributed by atoms with Crippen molar-refractivity contribution < 1.29 is 0 Å². The van der Waals surface area contributed by atoms with Crippen LogP contribution < -0.4 is 0 Å². The summed E-state index contributed by atoms with van der Waals surface area (Å²) in [7, 11) is 0. The molecule has 0 unspecified atom stereocenters. The Bertz CT molecular complexity index is 672. The third-order valence-corrected chi connectivity index (χ3v) is 4.14. The van der Waals surface area contributed by atoms with Gasteiger partial charge in [-0.15, -0.1) is 0 Å². The van der Waals surface area contributed by atoms with Crippen LogP contribution in [0.15, 0.2) is 57.5 Å². The highest BCUT2D eigenvalue weighted by molar-refractivity contribution is 9.11. The third kappa shape index (κ3) is 3.27. The van der Waals surface area contributed by atoms with Gasteiger partial charge in [-0.1, -0.05) is 73.8 Å². The molecular formula is C15H8Br2ClN. The molecule has 0 spiro atoms. The molecule has 2 rings (SSSR count). The van der Waals surface area contributed by atoms with Crippen LogP contribution >= 0.6 is 43.5 Å². The maximum atomic E-state index is 9.35. The SMILES string of the molecule is N#C/C(=C(/Cl)c1cc(Br)ccc1Br)c1ccccc1. The molecule has 0 aliphatic carbocycles. The molecule has 0 radical (unpaired) electrons. The standard InChI is InChI=1S/C15H8Br2ClN/c16-11-6-7-14(17)12(8-11)15(18)13(9-19)10-4-2-1-3-5-10/h1-8H/b15-13-. The van der Waals surface area contributed by atoms with Gasteiger partial charge in [0.1, 0.15) is 6.07 Å². The molecule has 0 heterocycles. The van der Waals surface area contributed by atoms with Gasteiger partial charge in [0.25, 0.3) is 0 Å². The molecule has 2 aromatic carbocycles. The van der Waals surface area contributed by atoms with Gasteiger partial charge in [0.05, 0.1) is 10.6 Å². The molecule has 4 heteroatoms. The normalized spacial score (nSPS) is 11.7. The summed E-state index contributed by atoms with van der Waals surface area (Å²) in [5.41, 5.74) is 2.05. The minimum absolute atomic E-state index is 0.432. The van der Waals surface area contributed by atoms with Crippen LogP contribution in [-0.2, 0) is 0 Å². The summed E-state index contributed by atoms with van der Waals surface area (Å²) in [5.74, 6) is 0. The van der Waals surface area contributed by atoms with E-state index in [1.54, 1.807) is 0 Å². The lowest BCUT2D eigenvalue weighted by molar-refractivity contribution is 1.51. The molecule has 0 atom stereocenters. The van der Waals surface area contributed by atoms with Gasteiger partial charge in [0.2, 0.25) is 0 Å². The van der Waals surface area contributed by atoms with E-state index >= 15 is 0 Å². The molecule has 0 aliphatic heterocycles. The van der Waals surface area contributed by atoms with Crippen molar-refractivity contribution in [1.29, 1.82) is 5.26 Å². The number of hydrogen-bond donors (Lipinski definition) is 0. The van der Waals surface area contributed by atoms with Crippen molar-refractivity contribution in [3.8, 4) is 6.07 Å². The van der Waals surface area contributed by atoms with E-state index < -0.39 is 0 Å². The predicted molar refractivity (Wildman–Crippen MR) is 86.6 cm³/mol. The van der Waals surface area contributed by atoms with Crippen molar-refractivity contribution in [2.45, 2.75) is 0 Å². The van der Waals surface area contributed by atoms with Gasteiger partial charge in [-0.05, 0) is 23.8 Å². The molecule has 0 fully saturated rings. The van der Waals surface area contributed by atoms with E-state index in [-0.39, 0.29) is 0 Å². The van der Waals surface area contributed by atoms with Crippen molar-refractivity contribution in [3.05, 3.63) is 68.6 Å². The molecule has 1 nitrogen and oxygen atoms in total. The number of halogens is 3. The van der Waals surface area contributed by atoms with Crippen molar-refractivity contribution in [2.75, 3.05) is 0 Å². The Kier molecular flexibility index (Phi) is 4.81. The van der Waals surface area contributed by atoms with Gasteiger partial charge in [0.15, 0.2) is 0 Å². The van der Waals surface area contributed by atoms with E-state index in [0.717, 1.165) is 20.1 Å². The third-order valence-electron chi connectivity index (χ3n) is 2.56. The Morgan fingerprint density at radius 3 is 2.37 bits per heavy atom.